The van der Waals surface area contributed by atoms with E-state index in [1.54, 1.807) is 13.1 Å². The number of aromatic nitrogens is 3. The molecule has 0 bridgehead atoms. The molecule has 1 saturated heterocycles. The molecular formula is C20H29N5O2. The van der Waals surface area contributed by atoms with Crippen molar-refractivity contribution >= 4 is 22.8 Å². The van der Waals surface area contributed by atoms with Gasteiger partial charge in [0.15, 0.2) is 5.65 Å². The van der Waals surface area contributed by atoms with Gasteiger partial charge in [0, 0.05) is 50.0 Å². The Balaban J connectivity index is 1.73. The Morgan fingerprint density at radius 2 is 2.11 bits per heavy atom. The number of carbonyl (C=O) groups excluding carboxylic acids is 2. The van der Waals surface area contributed by atoms with Crippen molar-refractivity contribution in [2.75, 3.05) is 19.6 Å². The second-order valence-corrected chi connectivity index (χ2v) is 7.24. The fraction of sp³-hybridized carbons (Fsp3) is 0.600. The SMILES string of the molecule is CCC(CC)C(=O)NCCn1nc([C@@H]2CCN(C(C)=O)C2)c2cccnc21. The lowest BCUT2D eigenvalue weighted by atomic mass is 10.0. The molecule has 1 aliphatic rings. The van der Waals surface area contributed by atoms with Gasteiger partial charge in [-0.3, -0.25) is 9.59 Å². The first-order chi connectivity index (χ1) is 13.0. The Bertz CT molecular complexity index is 812. The predicted octanol–water partition coefficient (Wildman–Crippen LogP) is 2.32. The van der Waals surface area contributed by atoms with Crippen molar-refractivity contribution < 1.29 is 9.59 Å². The van der Waals surface area contributed by atoms with Gasteiger partial charge in [0.1, 0.15) is 0 Å². The van der Waals surface area contributed by atoms with Gasteiger partial charge in [-0.25, -0.2) is 9.67 Å². The molecule has 2 aromatic rings. The van der Waals surface area contributed by atoms with Gasteiger partial charge in [0.05, 0.1) is 12.2 Å². The zero-order chi connectivity index (χ0) is 19.4. The normalized spacial score (nSPS) is 17.0. The summed E-state index contributed by atoms with van der Waals surface area (Å²) >= 11 is 0. The first-order valence-electron chi connectivity index (χ1n) is 9.89. The molecule has 0 aliphatic carbocycles. The van der Waals surface area contributed by atoms with Crippen LogP contribution in [0.5, 0.6) is 0 Å². The average Bonchev–Trinajstić information content (AvgIpc) is 3.28. The van der Waals surface area contributed by atoms with E-state index >= 15 is 0 Å². The number of rotatable bonds is 7. The van der Waals surface area contributed by atoms with Crippen molar-refractivity contribution in [3.63, 3.8) is 0 Å². The molecule has 1 N–H and O–H groups in total. The number of nitrogens with one attached hydrogen (secondary N) is 1. The number of hydrogen-bond acceptors (Lipinski definition) is 4. The summed E-state index contributed by atoms with van der Waals surface area (Å²) < 4.78 is 1.88. The maximum atomic E-state index is 12.2. The van der Waals surface area contributed by atoms with Crippen molar-refractivity contribution in [1.29, 1.82) is 0 Å². The zero-order valence-corrected chi connectivity index (χ0v) is 16.4. The van der Waals surface area contributed by atoms with Crippen LogP contribution in [0.25, 0.3) is 11.0 Å². The first-order valence-corrected chi connectivity index (χ1v) is 9.89. The van der Waals surface area contributed by atoms with Crippen molar-refractivity contribution in [2.45, 2.75) is 52.5 Å². The highest BCUT2D eigenvalue weighted by atomic mass is 16.2. The standard InChI is InChI=1S/C20H29N5O2/c1-4-15(5-2)20(27)22-10-12-25-19-17(7-6-9-21-19)18(23-25)16-8-11-24(13-16)14(3)26/h6-7,9,15-16H,4-5,8,10-13H2,1-3H3,(H,22,27)/t16-/m1/s1. The van der Waals surface area contributed by atoms with E-state index in [0.29, 0.717) is 19.6 Å². The number of hydrogen-bond donors (Lipinski definition) is 1. The fourth-order valence-electron chi connectivity index (χ4n) is 3.85. The monoisotopic (exact) mass is 371 g/mol. The minimum Gasteiger partial charge on any atom is -0.354 e. The minimum atomic E-state index is 0.0732. The van der Waals surface area contributed by atoms with Gasteiger partial charge in [-0.15, -0.1) is 0 Å². The molecule has 2 amide bonds. The van der Waals surface area contributed by atoms with E-state index < -0.39 is 0 Å². The molecule has 3 heterocycles. The Labute approximate surface area is 160 Å². The molecule has 146 valence electrons. The second-order valence-electron chi connectivity index (χ2n) is 7.24. The van der Waals surface area contributed by atoms with E-state index in [0.717, 1.165) is 42.5 Å². The van der Waals surface area contributed by atoms with Gasteiger partial charge in [-0.1, -0.05) is 13.8 Å². The maximum absolute atomic E-state index is 12.2. The van der Waals surface area contributed by atoms with Gasteiger partial charge in [-0.2, -0.15) is 5.10 Å². The van der Waals surface area contributed by atoms with Crippen LogP contribution in [0.15, 0.2) is 18.3 Å². The maximum Gasteiger partial charge on any atom is 0.223 e. The summed E-state index contributed by atoms with van der Waals surface area (Å²) in [4.78, 5) is 30.2. The summed E-state index contributed by atoms with van der Waals surface area (Å²) in [7, 11) is 0. The first kappa shape index (κ1) is 19.3. The van der Waals surface area contributed by atoms with Crippen molar-refractivity contribution in [3.05, 3.63) is 24.0 Å². The molecule has 3 rings (SSSR count). The zero-order valence-electron chi connectivity index (χ0n) is 16.4. The second kappa shape index (κ2) is 8.50. The fourth-order valence-corrected chi connectivity index (χ4v) is 3.85. The molecule has 7 nitrogen and oxygen atoms in total. The van der Waals surface area contributed by atoms with Crippen LogP contribution in [-0.2, 0) is 16.1 Å². The van der Waals surface area contributed by atoms with Crippen molar-refractivity contribution in [2.24, 2.45) is 5.92 Å². The summed E-state index contributed by atoms with van der Waals surface area (Å²) in [5.74, 6) is 0.533. The average molecular weight is 371 g/mol. The molecule has 1 aliphatic heterocycles. The van der Waals surface area contributed by atoms with E-state index in [9.17, 15) is 9.59 Å². The number of likely N-dealkylation sites (tertiary alicyclic amines) is 1. The lowest BCUT2D eigenvalue weighted by Crippen LogP contribution is -2.32. The van der Waals surface area contributed by atoms with E-state index in [-0.39, 0.29) is 23.7 Å². The summed E-state index contributed by atoms with van der Waals surface area (Å²) in [5, 5.41) is 8.87. The Morgan fingerprint density at radius 3 is 2.78 bits per heavy atom. The van der Waals surface area contributed by atoms with Crippen LogP contribution in [-0.4, -0.2) is 51.1 Å². The molecule has 0 spiro atoms. The van der Waals surface area contributed by atoms with Gasteiger partial charge in [-0.05, 0) is 31.4 Å². The lowest BCUT2D eigenvalue weighted by Gasteiger charge is -2.13. The van der Waals surface area contributed by atoms with E-state index in [2.05, 4.69) is 10.3 Å². The third-order valence-corrected chi connectivity index (χ3v) is 5.54. The number of carbonyl (C=O) groups is 2. The molecule has 0 saturated carbocycles. The minimum absolute atomic E-state index is 0.0732. The quantitative estimate of drug-likeness (QED) is 0.810. The van der Waals surface area contributed by atoms with Crippen LogP contribution in [0, 0.1) is 5.92 Å². The highest BCUT2D eigenvalue weighted by molar-refractivity contribution is 5.80. The molecule has 2 aromatic heterocycles. The van der Waals surface area contributed by atoms with E-state index in [1.165, 1.54) is 0 Å². The van der Waals surface area contributed by atoms with Crippen LogP contribution in [0.1, 0.15) is 51.6 Å². The van der Waals surface area contributed by atoms with E-state index in [4.69, 9.17) is 5.10 Å². The topological polar surface area (TPSA) is 80.1 Å². The smallest absolute Gasteiger partial charge is 0.223 e. The summed E-state index contributed by atoms with van der Waals surface area (Å²) in [6.07, 6.45) is 4.40. The van der Waals surface area contributed by atoms with Crippen LogP contribution in [0.2, 0.25) is 0 Å². The van der Waals surface area contributed by atoms with Crippen molar-refractivity contribution in [1.82, 2.24) is 25.0 Å². The molecule has 0 unspecified atom stereocenters. The Hall–Kier alpha value is -2.44. The number of amides is 2. The largest absolute Gasteiger partial charge is 0.354 e. The third kappa shape index (κ3) is 4.12. The van der Waals surface area contributed by atoms with Crippen molar-refractivity contribution in [3.8, 4) is 0 Å². The molecule has 1 fully saturated rings. The van der Waals surface area contributed by atoms with Crippen LogP contribution in [0.4, 0.5) is 0 Å². The van der Waals surface area contributed by atoms with Crippen LogP contribution < -0.4 is 5.32 Å². The number of fused-ring (bicyclic) bond motifs is 1. The Kier molecular flexibility index (Phi) is 6.08. The molecule has 0 radical (unpaired) electrons. The third-order valence-electron chi connectivity index (χ3n) is 5.54. The Morgan fingerprint density at radius 1 is 1.33 bits per heavy atom. The summed E-state index contributed by atoms with van der Waals surface area (Å²) in [6.45, 7) is 8.30. The van der Waals surface area contributed by atoms with Crippen LogP contribution in [0.3, 0.4) is 0 Å². The molecule has 0 aromatic carbocycles. The lowest BCUT2D eigenvalue weighted by molar-refractivity contribution is -0.128. The summed E-state index contributed by atoms with van der Waals surface area (Å²) in [6, 6.07) is 3.96. The van der Waals surface area contributed by atoms with Gasteiger partial charge in [0.2, 0.25) is 11.8 Å². The molecular weight excluding hydrogens is 342 g/mol. The van der Waals surface area contributed by atoms with Gasteiger partial charge >= 0.3 is 0 Å². The molecule has 1 atom stereocenters. The van der Waals surface area contributed by atoms with Gasteiger partial charge in [0.25, 0.3) is 0 Å². The molecule has 27 heavy (non-hydrogen) atoms. The summed E-state index contributed by atoms with van der Waals surface area (Å²) in [5.41, 5.74) is 1.85. The molecule has 7 heteroatoms. The highest BCUT2D eigenvalue weighted by Crippen LogP contribution is 2.31. The number of nitrogens with zero attached hydrogens (tertiary/aromatic N) is 4. The van der Waals surface area contributed by atoms with Crippen LogP contribution >= 0.6 is 0 Å². The highest BCUT2D eigenvalue weighted by Gasteiger charge is 2.29. The van der Waals surface area contributed by atoms with Gasteiger partial charge < -0.3 is 10.2 Å². The predicted molar refractivity (Wildman–Crippen MR) is 104 cm³/mol. The number of pyridine rings is 1. The van der Waals surface area contributed by atoms with E-state index in [1.807, 2.05) is 35.6 Å².